The number of likely N-dealkylation sites (N-methyl/N-ethyl adjacent to an activating group) is 1. The normalized spacial score (nSPS) is 12.4. The topological polar surface area (TPSA) is 12.0 Å². The maximum absolute atomic E-state index is 3.64. The average molecular weight is 448 g/mol. The van der Waals surface area contributed by atoms with Crippen LogP contribution in [-0.4, -0.2) is 7.05 Å². The predicted molar refractivity (Wildman–Crippen MR) is 91.5 cm³/mol. The summed E-state index contributed by atoms with van der Waals surface area (Å²) in [5.41, 5.74) is 2.57. The largest absolute Gasteiger partial charge is 0.313 e. The molecule has 2 aromatic carbocycles. The van der Waals surface area contributed by atoms with Crippen LogP contribution >= 0.6 is 47.8 Å². The summed E-state index contributed by atoms with van der Waals surface area (Å²) in [7, 11) is 2.00. The molecule has 0 bridgehead atoms. The van der Waals surface area contributed by atoms with Gasteiger partial charge < -0.3 is 5.32 Å². The molecule has 1 atom stereocenters. The molecule has 19 heavy (non-hydrogen) atoms. The van der Waals surface area contributed by atoms with Crippen LogP contribution in [0.25, 0.3) is 0 Å². The lowest BCUT2D eigenvalue weighted by molar-refractivity contribution is 0.588. The minimum atomic E-state index is 0.279. The van der Waals surface area contributed by atoms with Gasteiger partial charge in [-0.25, -0.2) is 0 Å². The van der Waals surface area contributed by atoms with Crippen molar-refractivity contribution in [2.75, 3.05) is 7.05 Å². The van der Waals surface area contributed by atoms with E-state index in [0.29, 0.717) is 0 Å². The molecule has 2 rings (SSSR count). The van der Waals surface area contributed by atoms with Crippen LogP contribution in [0.15, 0.2) is 55.9 Å². The van der Waals surface area contributed by atoms with E-state index in [1.54, 1.807) is 0 Å². The highest BCUT2D eigenvalue weighted by molar-refractivity contribution is 9.11. The van der Waals surface area contributed by atoms with Crippen LogP contribution in [0.5, 0.6) is 0 Å². The van der Waals surface area contributed by atoms with E-state index in [4.69, 9.17) is 0 Å². The van der Waals surface area contributed by atoms with Crippen LogP contribution in [0.1, 0.15) is 17.2 Å². The van der Waals surface area contributed by atoms with Crippen LogP contribution < -0.4 is 5.32 Å². The summed E-state index contributed by atoms with van der Waals surface area (Å²) >= 11 is 10.7. The van der Waals surface area contributed by atoms with Crippen molar-refractivity contribution in [3.63, 3.8) is 0 Å². The third-order valence-electron chi connectivity index (χ3n) is 3.07. The molecule has 0 aliphatic rings. The molecule has 0 amide bonds. The number of benzene rings is 2. The Morgan fingerprint density at radius 1 is 1.00 bits per heavy atom. The molecule has 0 saturated carbocycles. The predicted octanol–water partition coefficient (Wildman–Crippen LogP) is 5.48. The third-order valence-corrected chi connectivity index (χ3v) is 5.02. The van der Waals surface area contributed by atoms with E-state index in [-0.39, 0.29) is 6.04 Å². The monoisotopic (exact) mass is 445 g/mol. The van der Waals surface area contributed by atoms with Crippen molar-refractivity contribution in [3.8, 4) is 0 Å². The van der Waals surface area contributed by atoms with Gasteiger partial charge in [0.2, 0.25) is 0 Å². The molecular weight excluding hydrogens is 434 g/mol. The molecule has 1 nitrogen and oxygen atoms in total. The van der Waals surface area contributed by atoms with Crippen LogP contribution in [0.3, 0.4) is 0 Å². The summed E-state index contributed by atoms with van der Waals surface area (Å²) in [5, 5.41) is 3.39. The zero-order chi connectivity index (χ0) is 13.8. The lowest BCUT2D eigenvalue weighted by atomic mass is 9.99. The molecule has 0 aliphatic heterocycles. The highest BCUT2D eigenvalue weighted by Gasteiger charge is 2.14. The van der Waals surface area contributed by atoms with Crippen LogP contribution in [0, 0.1) is 0 Å². The molecule has 4 heteroatoms. The molecule has 0 heterocycles. The van der Waals surface area contributed by atoms with Gasteiger partial charge in [-0.05, 0) is 42.8 Å². The van der Waals surface area contributed by atoms with Crippen molar-refractivity contribution in [1.29, 1.82) is 0 Å². The van der Waals surface area contributed by atoms with Gasteiger partial charge in [0.25, 0.3) is 0 Å². The molecule has 1 unspecified atom stereocenters. The third kappa shape index (κ3) is 3.91. The van der Waals surface area contributed by atoms with Gasteiger partial charge in [0.1, 0.15) is 0 Å². The SMILES string of the molecule is CNC(Cc1ccccc1Br)c1ccc(Br)cc1Br. The quantitative estimate of drug-likeness (QED) is 0.654. The fraction of sp³-hybridized carbons (Fsp3) is 0.200. The Morgan fingerprint density at radius 3 is 2.37 bits per heavy atom. The molecule has 0 saturated heterocycles. The average Bonchev–Trinajstić information content (AvgIpc) is 2.39. The van der Waals surface area contributed by atoms with E-state index < -0.39 is 0 Å². The number of rotatable bonds is 4. The number of halogens is 3. The maximum atomic E-state index is 3.64. The van der Waals surface area contributed by atoms with Crippen LogP contribution in [0.4, 0.5) is 0 Å². The Kier molecular flexibility index (Phi) is 5.63. The summed E-state index contributed by atoms with van der Waals surface area (Å²) in [6.07, 6.45) is 0.943. The van der Waals surface area contributed by atoms with Crippen molar-refractivity contribution in [2.45, 2.75) is 12.5 Å². The van der Waals surface area contributed by atoms with E-state index in [1.807, 2.05) is 13.1 Å². The lowest BCUT2D eigenvalue weighted by Crippen LogP contribution is -2.19. The first-order valence-electron chi connectivity index (χ1n) is 5.97. The van der Waals surface area contributed by atoms with E-state index in [9.17, 15) is 0 Å². The summed E-state index contributed by atoms with van der Waals surface area (Å²) in [4.78, 5) is 0. The van der Waals surface area contributed by atoms with Crippen molar-refractivity contribution < 1.29 is 0 Å². The van der Waals surface area contributed by atoms with Gasteiger partial charge in [-0.2, -0.15) is 0 Å². The van der Waals surface area contributed by atoms with Crippen molar-refractivity contribution in [2.24, 2.45) is 0 Å². The molecular formula is C15H14Br3N. The number of hydrogen-bond donors (Lipinski definition) is 1. The molecule has 1 N–H and O–H groups in total. The summed E-state index contributed by atoms with van der Waals surface area (Å²) in [6.45, 7) is 0. The number of hydrogen-bond acceptors (Lipinski definition) is 1. The second kappa shape index (κ2) is 7.02. The molecule has 0 spiro atoms. The highest BCUT2D eigenvalue weighted by Crippen LogP contribution is 2.30. The van der Waals surface area contributed by atoms with Gasteiger partial charge in [-0.3, -0.25) is 0 Å². The smallest absolute Gasteiger partial charge is 0.0370 e. The first-order chi connectivity index (χ1) is 9.11. The van der Waals surface area contributed by atoms with E-state index in [2.05, 4.69) is 89.5 Å². The van der Waals surface area contributed by atoms with Crippen LogP contribution in [0.2, 0.25) is 0 Å². The Hall–Kier alpha value is -0.160. The highest BCUT2D eigenvalue weighted by atomic mass is 79.9. The fourth-order valence-corrected chi connectivity index (χ4v) is 3.81. The first kappa shape index (κ1) is 15.2. The van der Waals surface area contributed by atoms with Gasteiger partial charge >= 0.3 is 0 Å². The van der Waals surface area contributed by atoms with Crippen molar-refractivity contribution >= 4 is 47.8 Å². The molecule has 2 aromatic rings. The fourth-order valence-electron chi connectivity index (χ4n) is 2.04. The molecule has 0 fully saturated rings. The van der Waals surface area contributed by atoms with Gasteiger partial charge in [-0.15, -0.1) is 0 Å². The number of nitrogens with one attached hydrogen (secondary N) is 1. The zero-order valence-corrected chi connectivity index (χ0v) is 15.2. The van der Waals surface area contributed by atoms with E-state index in [0.717, 1.165) is 19.8 Å². The van der Waals surface area contributed by atoms with Crippen molar-refractivity contribution in [1.82, 2.24) is 5.32 Å². The Balaban J connectivity index is 2.28. The summed E-state index contributed by atoms with van der Waals surface area (Å²) in [6, 6.07) is 14.9. The molecule has 0 radical (unpaired) electrons. The maximum Gasteiger partial charge on any atom is 0.0370 e. The molecule has 0 aliphatic carbocycles. The van der Waals surface area contributed by atoms with Crippen molar-refractivity contribution in [3.05, 3.63) is 67.0 Å². The van der Waals surface area contributed by atoms with Gasteiger partial charge in [0.15, 0.2) is 0 Å². The second-order valence-electron chi connectivity index (χ2n) is 4.30. The van der Waals surface area contributed by atoms with Gasteiger partial charge in [0, 0.05) is 19.5 Å². The Labute approximate surface area is 139 Å². The van der Waals surface area contributed by atoms with E-state index in [1.165, 1.54) is 11.1 Å². The standard InChI is InChI=1S/C15H14Br3N/c1-19-15(8-10-4-2-3-5-13(10)17)12-7-6-11(16)9-14(12)18/h2-7,9,15,19H,8H2,1H3. The van der Waals surface area contributed by atoms with E-state index >= 15 is 0 Å². The van der Waals surface area contributed by atoms with Gasteiger partial charge in [0.05, 0.1) is 0 Å². The lowest BCUT2D eigenvalue weighted by Gasteiger charge is -2.19. The Bertz CT molecular complexity index is 569. The van der Waals surface area contributed by atoms with Crippen LogP contribution in [-0.2, 0) is 6.42 Å². The Morgan fingerprint density at radius 2 is 1.74 bits per heavy atom. The molecule has 100 valence electrons. The first-order valence-corrected chi connectivity index (χ1v) is 8.35. The minimum Gasteiger partial charge on any atom is -0.313 e. The minimum absolute atomic E-state index is 0.279. The van der Waals surface area contributed by atoms with Gasteiger partial charge in [-0.1, -0.05) is 72.1 Å². The summed E-state index contributed by atoms with van der Waals surface area (Å²) < 4.78 is 3.36. The summed E-state index contributed by atoms with van der Waals surface area (Å²) in [5.74, 6) is 0. The second-order valence-corrected chi connectivity index (χ2v) is 6.93. The molecule has 0 aromatic heterocycles. The zero-order valence-electron chi connectivity index (χ0n) is 10.5.